The molecule has 60 valence electrons. The van der Waals surface area contributed by atoms with Gasteiger partial charge in [-0.05, 0) is 17.5 Å². The highest BCUT2D eigenvalue weighted by molar-refractivity contribution is 7.78. The Balaban J connectivity index is 2.54. The van der Waals surface area contributed by atoms with Crippen molar-refractivity contribution in [2.45, 2.75) is 6.42 Å². The minimum atomic E-state index is 0.726. The Morgan fingerprint density at radius 2 is 2.25 bits per heavy atom. The maximum Gasteiger partial charge on any atom is 0.111 e. The first-order valence-corrected chi connectivity index (χ1v) is 4.24. The number of aromatic nitrogens is 2. The van der Waals surface area contributed by atoms with Crippen molar-refractivity contribution in [1.82, 2.24) is 9.97 Å². The van der Waals surface area contributed by atoms with Crippen LogP contribution >= 0.6 is 12.2 Å². The normalized spacial score (nSPS) is 10.3. The molecule has 0 fully saturated rings. The van der Waals surface area contributed by atoms with Gasteiger partial charge in [-0.3, -0.25) is 0 Å². The van der Waals surface area contributed by atoms with Crippen LogP contribution in [0.15, 0.2) is 24.3 Å². The molecule has 0 bridgehead atoms. The number of para-hydroxylation sites is 2. The molecular formula is C9H8N2S. The molecule has 0 radical (unpaired) electrons. The lowest BCUT2D eigenvalue weighted by Crippen LogP contribution is -1.85. The molecule has 0 saturated carbocycles. The number of rotatable bonds is 2. The van der Waals surface area contributed by atoms with E-state index in [0.29, 0.717) is 0 Å². The average Bonchev–Trinajstić information content (AvgIpc) is 2.47. The summed E-state index contributed by atoms with van der Waals surface area (Å²) < 4.78 is 0. The molecule has 0 amide bonds. The Bertz CT molecular complexity index is 373. The number of thiocarbonyl (C=S) groups is 1. The van der Waals surface area contributed by atoms with E-state index in [2.05, 4.69) is 9.97 Å². The first-order chi connectivity index (χ1) is 5.90. The fraction of sp³-hybridized carbons (Fsp3) is 0.111. The van der Waals surface area contributed by atoms with Crippen LogP contribution < -0.4 is 0 Å². The van der Waals surface area contributed by atoms with Gasteiger partial charge in [-0.15, -0.1) is 0 Å². The summed E-state index contributed by atoms with van der Waals surface area (Å²) in [5.74, 6) is 0.936. The van der Waals surface area contributed by atoms with E-state index in [0.717, 1.165) is 23.3 Å². The number of imidazole rings is 1. The van der Waals surface area contributed by atoms with Crippen LogP contribution in [0, 0.1) is 0 Å². The Hall–Kier alpha value is -1.22. The lowest BCUT2D eigenvalue weighted by molar-refractivity contribution is 1.12. The summed E-state index contributed by atoms with van der Waals surface area (Å²) in [6, 6.07) is 7.96. The topological polar surface area (TPSA) is 28.7 Å². The molecule has 0 aliphatic rings. The zero-order valence-corrected chi connectivity index (χ0v) is 7.27. The molecule has 1 aromatic carbocycles. The van der Waals surface area contributed by atoms with E-state index in [1.165, 1.54) is 0 Å². The summed E-state index contributed by atoms with van der Waals surface area (Å²) in [5.41, 5.74) is 2.08. The minimum absolute atomic E-state index is 0.726. The molecule has 1 heterocycles. The number of benzene rings is 1. The van der Waals surface area contributed by atoms with Gasteiger partial charge < -0.3 is 4.98 Å². The number of nitrogens with zero attached hydrogens (tertiary/aromatic N) is 1. The Kier molecular flexibility index (Phi) is 1.87. The van der Waals surface area contributed by atoms with Gasteiger partial charge in [0.15, 0.2) is 0 Å². The largest absolute Gasteiger partial charge is 0.342 e. The maximum absolute atomic E-state index is 4.75. The van der Waals surface area contributed by atoms with Crippen LogP contribution in [0.2, 0.25) is 0 Å². The Morgan fingerprint density at radius 3 is 3.00 bits per heavy atom. The van der Waals surface area contributed by atoms with Gasteiger partial charge in [-0.25, -0.2) is 4.98 Å². The van der Waals surface area contributed by atoms with E-state index in [1.54, 1.807) is 5.37 Å². The number of hydrogen-bond acceptors (Lipinski definition) is 2. The number of H-pyrrole nitrogens is 1. The summed E-state index contributed by atoms with van der Waals surface area (Å²) in [6.45, 7) is 0. The van der Waals surface area contributed by atoms with Gasteiger partial charge in [0.25, 0.3) is 0 Å². The maximum atomic E-state index is 4.75. The second kappa shape index (κ2) is 3.03. The number of aromatic amines is 1. The summed E-state index contributed by atoms with van der Waals surface area (Å²) in [4.78, 5) is 7.54. The van der Waals surface area contributed by atoms with E-state index in [-0.39, 0.29) is 0 Å². The minimum Gasteiger partial charge on any atom is -0.342 e. The molecule has 2 aromatic rings. The molecule has 12 heavy (non-hydrogen) atoms. The van der Waals surface area contributed by atoms with Gasteiger partial charge in [-0.1, -0.05) is 24.4 Å². The molecule has 0 spiro atoms. The first kappa shape index (κ1) is 7.43. The highest BCUT2D eigenvalue weighted by Gasteiger charge is 1.98. The highest BCUT2D eigenvalue weighted by atomic mass is 32.1. The fourth-order valence-corrected chi connectivity index (χ4v) is 1.34. The molecule has 0 unspecified atom stereocenters. The van der Waals surface area contributed by atoms with Crippen molar-refractivity contribution < 1.29 is 0 Å². The molecule has 2 rings (SSSR count). The van der Waals surface area contributed by atoms with E-state index in [4.69, 9.17) is 12.2 Å². The van der Waals surface area contributed by atoms with Crippen molar-refractivity contribution in [3.05, 3.63) is 30.1 Å². The van der Waals surface area contributed by atoms with E-state index >= 15 is 0 Å². The predicted octanol–water partition coefficient (Wildman–Crippen LogP) is 2.11. The molecule has 0 saturated heterocycles. The summed E-state index contributed by atoms with van der Waals surface area (Å²) >= 11 is 4.75. The van der Waals surface area contributed by atoms with E-state index in [9.17, 15) is 0 Å². The molecular weight excluding hydrogens is 168 g/mol. The zero-order chi connectivity index (χ0) is 8.39. The monoisotopic (exact) mass is 176 g/mol. The summed E-state index contributed by atoms with van der Waals surface area (Å²) in [6.07, 6.45) is 0.726. The van der Waals surface area contributed by atoms with E-state index in [1.807, 2.05) is 24.3 Å². The average molecular weight is 176 g/mol. The molecule has 0 aliphatic heterocycles. The third kappa shape index (κ3) is 1.23. The van der Waals surface area contributed by atoms with Crippen LogP contribution in [0.5, 0.6) is 0 Å². The van der Waals surface area contributed by atoms with Crippen molar-refractivity contribution in [1.29, 1.82) is 0 Å². The third-order valence-electron chi connectivity index (χ3n) is 1.72. The summed E-state index contributed by atoms with van der Waals surface area (Å²) in [5, 5.41) is 1.68. The lowest BCUT2D eigenvalue weighted by atomic mass is 10.3. The predicted molar refractivity (Wildman–Crippen MR) is 53.5 cm³/mol. The van der Waals surface area contributed by atoms with Crippen LogP contribution in [0.3, 0.4) is 0 Å². The van der Waals surface area contributed by atoms with Gasteiger partial charge in [0.05, 0.1) is 11.0 Å². The molecule has 1 N–H and O–H groups in total. The van der Waals surface area contributed by atoms with Gasteiger partial charge in [0, 0.05) is 6.42 Å². The quantitative estimate of drug-likeness (QED) is 0.710. The van der Waals surface area contributed by atoms with Crippen molar-refractivity contribution in [2.24, 2.45) is 0 Å². The smallest absolute Gasteiger partial charge is 0.111 e. The van der Waals surface area contributed by atoms with Crippen molar-refractivity contribution >= 4 is 28.6 Å². The van der Waals surface area contributed by atoms with Crippen LogP contribution in [0.25, 0.3) is 11.0 Å². The van der Waals surface area contributed by atoms with Gasteiger partial charge in [-0.2, -0.15) is 0 Å². The van der Waals surface area contributed by atoms with Gasteiger partial charge in [0.1, 0.15) is 5.82 Å². The van der Waals surface area contributed by atoms with Crippen molar-refractivity contribution in [3.8, 4) is 0 Å². The zero-order valence-electron chi connectivity index (χ0n) is 6.45. The van der Waals surface area contributed by atoms with E-state index < -0.39 is 0 Å². The second-order valence-corrected chi connectivity index (χ2v) is 2.90. The van der Waals surface area contributed by atoms with Crippen LogP contribution in [-0.2, 0) is 6.42 Å². The van der Waals surface area contributed by atoms with Crippen molar-refractivity contribution in [3.63, 3.8) is 0 Å². The van der Waals surface area contributed by atoms with Gasteiger partial charge in [0.2, 0.25) is 0 Å². The second-order valence-electron chi connectivity index (χ2n) is 2.57. The summed E-state index contributed by atoms with van der Waals surface area (Å²) in [7, 11) is 0. The van der Waals surface area contributed by atoms with Crippen LogP contribution in [0.1, 0.15) is 5.82 Å². The SMILES string of the molecule is S=CCc1nc2ccccc2[nH]1. The molecule has 0 atom stereocenters. The molecule has 1 aromatic heterocycles. The van der Waals surface area contributed by atoms with Crippen LogP contribution in [-0.4, -0.2) is 15.3 Å². The van der Waals surface area contributed by atoms with Gasteiger partial charge >= 0.3 is 0 Å². The molecule has 2 nitrogen and oxygen atoms in total. The number of nitrogens with one attached hydrogen (secondary N) is 1. The Morgan fingerprint density at radius 1 is 1.42 bits per heavy atom. The number of fused-ring (bicyclic) bond motifs is 1. The highest BCUT2D eigenvalue weighted by Crippen LogP contribution is 2.09. The molecule has 3 heteroatoms. The third-order valence-corrected chi connectivity index (χ3v) is 1.88. The Labute approximate surface area is 75.6 Å². The fourth-order valence-electron chi connectivity index (χ4n) is 1.18. The standard InChI is InChI=1S/C9H8N2S/c12-6-5-9-10-7-3-1-2-4-8(7)11-9/h1-4,6H,5H2,(H,10,11). The van der Waals surface area contributed by atoms with Crippen LogP contribution in [0.4, 0.5) is 0 Å². The number of hydrogen-bond donors (Lipinski definition) is 1. The molecule has 0 aliphatic carbocycles. The van der Waals surface area contributed by atoms with Crippen molar-refractivity contribution in [2.75, 3.05) is 0 Å². The lowest BCUT2D eigenvalue weighted by Gasteiger charge is -1.82. The first-order valence-electron chi connectivity index (χ1n) is 3.77.